The number of hydrogen-bond acceptors (Lipinski definition) is 3. The quantitative estimate of drug-likeness (QED) is 0.786. The lowest BCUT2D eigenvalue weighted by atomic mass is 10.2. The lowest BCUT2D eigenvalue weighted by Gasteiger charge is -2.10. The molecule has 0 aliphatic carbocycles. The molecule has 0 bridgehead atoms. The summed E-state index contributed by atoms with van der Waals surface area (Å²) in [6.07, 6.45) is 2.61. The third kappa shape index (κ3) is 5.31. The van der Waals surface area contributed by atoms with E-state index in [1.807, 2.05) is 26.0 Å². The van der Waals surface area contributed by atoms with Crippen molar-refractivity contribution in [2.24, 2.45) is 0 Å². The molecule has 1 aromatic rings. The number of carboxylic acids is 1. The Morgan fingerprint density at radius 2 is 2.18 bits per heavy atom. The SMILES string of the molecule is Cc1ccc(CC(C)NC(=O)C=CC(=O)O)s1. The van der Waals surface area contributed by atoms with Crippen LogP contribution in [0.5, 0.6) is 0 Å². The average molecular weight is 253 g/mol. The van der Waals surface area contributed by atoms with Gasteiger partial charge in [-0.3, -0.25) is 4.79 Å². The van der Waals surface area contributed by atoms with E-state index in [0.717, 1.165) is 18.6 Å². The largest absolute Gasteiger partial charge is 0.478 e. The van der Waals surface area contributed by atoms with Gasteiger partial charge in [-0.1, -0.05) is 0 Å². The van der Waals surface area contributed by atoms with Crippen molar-refractivity contribution >= 4 is 23.2 Å². The van der Waals surface area contributed by atoms with Gasteiger partial charge in [0.1, 0.15) is 0 Å². The Balaban J connectivity index is 2.41. The van der Waals surface area contributed by atoms with E-state index in [1.54, 1.807) is 11.3 Å². The zero-order chi connectivity index (χ0) is 12.8. The van der Waals surface area contributed by atoms with Gasteiger partial charge in [0.25, 0.3) is 0 Å². The summed E-state index contributed by atoms with van der Waals surface area (Å²) in [5.74, 6) is -1.50. The van der Waals surface area contributed by atoms with E-state index in [4.69, 9.17) is 5.11 Å². The standard InChI is InChI=1S/C12H15NO3S/c1-8(7-10-4-3-9(2)17-10)13-11(14)5-6-12(15)16/h3-6,8H,7H2,1-2H3,(H,13,14)(H,15,16). The van der Waals surface area contributed by atoms with Crippen molar-refractivity contribution in [1.82, 2.24) is 5.32 Å². The first kappa shape index (κ1) is 13.4. The Bertz CT molecular complexity index is 437. The molecule has 1 atom stereocenters. The number of amides is 1. The van der Waals surface area contributed by atoms with Gasteiger partial charge in [-0.2, -0.15) is 0 Å². The second-order valence-electron chi connectivity index (χ2n) is 3.80. The van der Waals surface area contributed by atoms with E-state index >= 15 is 0 Å². The van der Waals surface area contributed by atoms with Gasteiger partial charge in [-0.05, 0) is 26.0 Å². The van der Waals surface area contributed by atoms with Crippen LogP contribution in [0.4, 0.5) is 0 Å². The minimum absolute atomic E-state index is 0.0148. The fourth-order valence-electron chi connectivity index (χ4n) is 1.39. The van der Waals surface area contributed by atoms with Crippen molar-refractivity contribution in [1.29, 1.82) is 0 Å². The Morgan fingerprint density at radius 1 is 1.47 bits per heavy atom. The van der Waals surface area contributed by atoms with Crippen LogP contribution in [0.3, 0.4) is 0 Å². The molecular formula is C12H15NO3S. The van der Waals surface area contributed by atoms with Gasteiger partial charge >= 0.3 is 5.97 Å². The molecule has 2 N–H and O–H groups in total. The molecule has 0 aliphatic heterocycles. The molecule has 92 valence electrons. The van der Waals surface area contributed by atoms with Crippen molar-refractivity contribution in [2.45, 2.75) is 26.3 Å². The van der Waals surface area contributed by atoms with Crippen LogP contribution in [0.15, 0.2) is 24.3 Å². The van der Waals surface area contributed by atoms with Crippen LogP contribution < -0.4 is 5.32 Å². The maximum absolute atomic E-state index is 11.3. The number of nitrogens with one attached hydrogen (secondary N) is 1. The first-order valence-electron chi connectivity index (χ1n) is 5.24. The van der Waals surface area contributed by atoms with E-state index in [-0.39, 0.29) is 11.9 Å². The predicted molar refractivity (Wildman–Crippen MR) is 67.1 cm³/mol. The fraction of sp³-hybridized carbons (Fsp3) is 0.333. The van der Waals surface area contributed by atoms with Crippen molar-refractivity contribution < 1.29 is 14.7 Å². The molecule has 0 saturated heterocycles. The number of carboxylic acid groups (broad SMARTS) is 1. The van der Waals surface area contributed by atoms with Gasteiger partial charge in [0, 0.05) is 34.4 Å². The van der Waals surface area contributed by atoms with Crippen molar-refractivity contribution in [3.8, 4) is 0 Å². The smallest absolute Gasteiger partial charge is 0.328 e. The first-order chi connectivity index (χ1) is 7.97. The molecule has 0 aliphatic rings. The minimum atomic E-state index is -1.12. The molecule has 1 amide bonds. The van der Waals surface area contributed by atoms with Crippen molar-refractivity contribution in [3.05, 3.63) is 34.0 Å². The van der Waals surface area contributed by atoms with Crippen molar-refractivity contribution in [3.63, 3.8) is 0 Å². The highest BCUT2D eigenvalue weighted by atomic mass is 32.1. The van der Waals surface area contributed by atoms with Crippen LogP contribution in [0, 0.1) is 6.92 Å². The fourth-order valence-corrected chi connectivity index (χ4v) is 2.40. The summed E-state index contributed by atoms with van der Waals surface area (Å²) in [7, 11) is 0. The molecule has 17 heavy (non-hydrogen) atoms. The van der Waals surface area contributed by atoms with Crippen LogP contribution in [-0.4, -0.2) is 23.0 Å². The van der Waals surface area contributed by atoms with Crippen LogP contribution in [0.2, 0.25) is 0 Å². The molecule has 0 fully saturated rings. The van der Waals surface area contributed by atoms with Crippen LogP contribution in [0.1, 0.15) is 16.7 Å². The number of carbonyl (C=O) groups is 2. The zero-order valence-electron chi connectivity index (χ0n) is 9.77. The maximum atomic E-state index is 11.3. The van der Waals surface area contributed by atoms with E-state index in [0.29, 0.717) is 0 Å². The number of hydrogen-bond donors (Lipinski definition) is 2. The zero-order valence-corrected chi connectivity index (χ0v) is 10.6. The van der Waals surface area contributed by atoms with Gasteiger partial charge < -0.3 is 10.4 Å². The van der Waals surface area contributed by atoms with E-state index < -0.39 is 5.97 Å². The Morgan fingerprint density at radius 3 is 2.71 bits per heavy atom. The van der Waals surface area contributed by atoms with Crippen molar-refractivity contribution in [2.75, 3.05) is 0 Å². The van der Waals surface area contributed by atoms with Gasteiger partial charge in [0.2, 0.25) is 5.91 Å². The highest BCUT2D eigenvalue weighted by molar-refractivity contribution is 7.11. The number of aryl methyl sites for hydroxylation is 1. The Kier molecular flexibility index (Phi) is 4.90. The van der Waals surface area contributed by atoms with Crippen LogP contribution in [-0.2, 0) is 16.0 Å². The summed E-state index contributed by atoms with van der Waals surface area (Å²) in [6.45, 7) is 3.93. The van der Waals surface area contributed by atoms with E-state index in [2.05, 4.69) is 5.32 Å². The highest BCUT2D eigenvalue weighted by Crippen LogP contribution is 2.16. The monoisotopic (exact) mass is 253 g/mol. The molecule has 0 spiro atoms. The minimum Gasteiger partial charge on any atom is -0.478 e. The predicted octanol–water partition coefficient (Wildman–Crippen LogP) is 1.74. The molecular weight excluding hydrogens is 238 g/mol. The molecule has 1 unspecified atom stereocenters. The molecule has 0 aromatic carbocycles. The van der Waals surface area contributed by atoms with Gasteiger partial charge in [0.15, 0.2) is 0 Å². The van der Waals surface area contributed by atoms with Gasteiger partial charge in [-0.15, -0.1) is 11.3 Å². The summed E-state index contributed by atoms with van der Waals surface area (Å²) in [5, 5.41) is 11.1. The van der Waals surface area contributed by atoms with Gasteiger partial charge in [0.05, 0.1) is 0 Å². The number of rotatable bonds is 5. The number of aliphatic carboxylic acids is 1. The number of carbonyl (C=O) groups excluding carboxylic acids is 1. The van der Waals surface area contributed by atoms with E-state index in [9.17, 15) is 9.59 Å². The highest BCUT2D eigenvalue weighted by Gasteiger charge is 2.07. The topological polar surface area (TPSA) is 66.4 Å². The normalized spacial score (nSPS) is 12.6. The number of thiophene rings is 1. The lowest BCUT2D eigenvalue weighted by Crippen LogP contribution is -2.32. The third-order valence-corrected chi connectivity index (χ3v) is 3.09. The first-order valence-corrected chi connectivity index (χ1v) is 6.06. The summed E-state index contributed by atoms with van der Waals surface area (Å²) in [5.41, 5.74) is 0. The van der Waals surface area contributed by atoms with Gasteiger partial charge in [-0.25, -0.2) is 4.79 Å². The van der Waals surface area contributed by atoms with E-state index in [1.165, 1.54) is 9.75 Å². The average Bonchev–Trinajstić information content (AvgIpc) is 2.60. The molecule has 5 heteroatoms. The summed E-state index contributed by atoms with van der Waals surface area (Å²) in [6, 6.07) is 4.06. The lowest BCUT2D eigenvalue weighted by molar-refractivity contribution is -0.131. The van der Waals surface area contributed by atoms with Crippen LogP contribution >= 0.6 is 11.3 Å². The molecule has 0 radical (unpaired) electrons. The second kappa shape index (κ2) is 6.20. The molecule has 1 aromatic heterocycles. The third-order valence-electron chi connectivity index (χ3n) is 2.07. The Labute approximate surface area is 104 Å². The summed E-state index contributed by atoms with van der Waals surface area (Å²) in [4.78, 5) is 24.0. The Hall–Kier alpha value is -1.62. The maximum Gasteiger partial charge on any atom is 0.328 e. The molecule has 4 nitrogen and oxygen atoms in total. The summed E-state index contributed by atoms with van der Waals surface area (Å²) >= 11 is 1.70. The second-order valence-corrected chi connectivity index (χ2v) is 5.17. The summed E-state index contributed by atoms with van der Waals surface area (Å²) < 4.78 is 0. The molecule has 0 saturated carbocycles. The van der Waals surface area contributed by atoms with Crippen LogP contribution in [0.25, 0.3) is 0 Å². The molecule has 1 rings (SSSR count). The molecule has 1 heterocycles.